The van der Waals surface area contributed by atoms with Gasteiger partial charge in [0.05, 0.1) is 13.0 Å². The highest BCUT2D eigenvalue weighted by molar-refractivity contribution is 5.84. The Bertz CT molecular complexity index is 1220. The Labute approximate surface area is 224 Å². The molecule has 0 N–H and O–H groups in total. The lowest BCUT2D eigenvalue weighted by atomic mass is 9.96. The fourth-order valence-corrected chi connectivity index (χ4v) is 5.61. The molecule has 204 valence electrons. The summed E-state index contributed by atoms with van der Waals surface area (Å²) in [4.78, 5) is 20.0. The Morgan fingerprint density at radius 2 is 1.82 bits per heavy atom. The van der Waals surface area contributed by atoms with Crippen molar-refractivity contribution in [2.45, 2.75) is 38.5 Å². The van der Waals surface area contributed by atoms with Gasteiger partial charge in [0.15, 0.2) is 0 Å². The number of hydrogen-bond acceptors (Lipinski definition) is 5. The molecule has 2 aliphatic heterocycles. The molecule has 7 nitrogen and oxygen atoms in total. The number of carbonyl (C=O) groups is 1. The number of aryl methyl sites for hydroxylation is 1. The highest BCUT2D eigenvalue weighted by Crippen LogP contribution is 2.29. The minimum atomic E-state index is -0.783. The predicted molar refractivity (Wildman–Crippen MR) is 147 cm³/mol. The SMILES string of the molecule is CCCn1cc(CN2CCO[C@](COc3ccc(F)cc3)(CC(=O)N3CCN(C)CC3)C2)c2ccccc21. The number of fused-ring (bicyclic) bond motifs is 1. The first kappa shape index (κ1) is 26.7. The van der Waals surface area contributed by atoms with Crippen LogP contribution in [0.15, 0.2) is 54.7 Å². The highest BCUT2D eigenvalue weighted by atomic mass is 19.1. The molecular formula is C30H39FN4O3. The third kappa shape index (κ3) is 6.20. The molecule has 5 rings (SSSR count). The number of amides is 1. The smallest absolute Gasteiger partial charge is 0.225 e. The van der Waals surface area contributed by atoms with E-state index in [0.29, 0.717) is 18.9 Å². The van der Waals surface area contributed by atoms with Crippen LogP contribution in [0.5, 0.6) is 5.75 Å². The van der Waals surface area contributed by atoms with Gasteiger partial charge in [0, 0.05) is 69.5 Å². The van der Waals surface area contributed by atoms with Crippen LogP contribution < -0.4 is 4.74 Å². The molecule has 1 amide bonds. The summed E-state index contributed by atoms with van der Waals surface area (Å²) < 4.78 is 28.3. The van der Waals surface area contributed by atoms with E-state index >= 15 is 0 Å². The second-order valence-electron chi connectivity index (χ2n) is 10.7. The zero-order chi connectivity index (χ0) is 26.5. The topological polar surface area (TPSA) is 50.2 Å². The second kappa shape index (κ2) is 11.8. The quantitative estimate of drug-likeness (QED) is 0.425. The first-order chi connectivity index (χ1) is 18.4. The van der Waals surface area contributed by atoms with Gasteiger partial charge >= 0.3 is 0 Å². The predicted octanol–water partition coefficient (Wildman–Crippen LogP) is 4.00. The fourth-order valence-electron chi connectivity index (χ4n) is 5.61. The number of para-hydroxylation sites is 1. The third-order valence-electron chi connectivity index (χ3n) is 7.70. The molecule has 2 fully saturated rings. The van der Waals surface area contributed by atoms with E-state index in [1.165, 1.54) is 28.6 Å². The van der Waals surface area contributed by atoms with Gasteiger partial charge in [0.1, 0.15) is 23.8 Å². The Balaban J connectivity index is 1.35. The Kier molecular flexibility index (Phi) is 8.31. The lowest BCUT2D eigenvalue weighted by Crippen LogP contribution is -2.58. The maximum absolute atomic E-state index is 13.4. The molecule has 2 aliphatic rings. The van der Waals surface area contributed by atoms with Crippen LogP contribution in [0, 0.1) is 5.82 Å². The lowest BCUT2D eigenvalue weighted by molar-refractivity contribution is -0.157. The van der Waals surface area contributed by atoms with Crippen molar-refractivity contribution in [3.63, 3.8) is 0 Å². The summed E-state index contributed by atoms with van der Waals surface area (Å²) in [6.07, 6.45) is 3.61. The van der Waals surface area contributed by atoms with E-state index in [1.54, 1.807) is 12.1 Å². The number of piperazine rings is 1. The van der Waals surface area contributed by atoms with Gasteiger partial charge in [-0.25, -0.2) is 4.39 Å². The van der Waals surface area contributed by atoms with Gasteiger partial charge in [-0.3, -0.25) is 9.69 Å². The van der Waals surface area contributed by atoms with Gasteiger partial charge in [0.25, 0.3) is 0 Å². The monoisotopic (exact) mass is 522 g/mol. The average Bonchev–Trinajstić information content (AvgIpc) is 3.26. The van der Waals surface area contributed by atoms with Crippen molar-refractivity contribution >= 4 is 16.8 Å². The van der Waals surface area contributed by atoms with E-state index < -0.39 is 5.60 Å². The van der Waals surface area contributed by atoms with Gasteiger partial charge < -0.3 is 23.8 Å². The molecule has 0 unspecified atom stereocenters. The Hall–Kier alpha value is -2.94. The van der Waals surface area contributed by atoms with Crippen LogP contribution in [0.2, 0.25) is 0 Å². The number of halogens is 1. The van der Waals surface area contributed by atoms with E-state index in [9.17, 15) is 9.18 Å². The van der Waals surface area contributed by atoms with E-state index in [-0.39, 0.29) is 24.8 Å². The van der Waals surface area contributed by atoms with Crippen LogP contribution >= 0.6 is 0 Å². The number of ether oxygens (including phenoxy) is 2. The standard InChI is InChI=1S/C30H39FN4O3/c1-3-12-35-21-24(27-6-4-5-7-28(27)35)20-33-17-18-38-30(22-33,23-37-26-10-8-25(31)9-11-26)19-29(36)34-15-13-32(2)14-16-34/h4-11,21H,3,12-20,22-23H2,1-2H3/t30-/m1/s1. The molecule has 2 saturated heterocycles. The summed E-state index contributed by atoms with van der Waals surface area (Å²) in [6, 6.07) is 14.6. The molecule has 0 aliphatic carbocycles. The Morgan fingerprint density at radius 1 is 1.05 bits per heavy atom. The van der Waals surface area contributed by atoms with Gasteiger partial charge in [-0.2, -0.15) is 0 Å². The normalized spacial score (nSPS) is 21.2. The van der Waals surface area contributed by atoms with Crippen molar-refractivity contribution in [2.75, 3.05) is 59.5 Å². The van der Waals surface area contributed by atoms with Crippen LogP contribution in [0.25, 0.3) is 10.9 Å². The van der Waals surface area contributed by atoms with E-state index in [1.807, 2.05) is 4.90 Å². The molecule has 3 aromatic rings. The highest BCUT2D eigenvalue weighted by Gasteiger charge is 2.41. The van der Waals surface area contributed by atoms with Crippen LogP contribution in [-0.2, 0) is 22.6 Å². The number of benzene rings is 2. The van der Waals surface area contributed by atoms with Crippen molar-refractivity contribution in [1.29, 1.82) is 0 Å². The van der Waals surface area contributed by atoms with Gasteiger partial charge in [-0.05, 0) is 49.4 Å². The van der Waals surface area contributed by atoms with Crippen LogP contribution in [0.4, 0.5) is 4.39 Å². The first-order valence-corrected chi connectivity index (χ1v) is 13.7. The minimum absolute atomic E-state index is 0.0993. The number of nitrogens with zero attached hydrogens (tertiary/aromatic N) is 4. The molecule has 0 radical (unpaired) electrons. The number of likely N-dealkylation sites (N-methyl/N-ethyl adjacent to an activating group) is 1. The van der Waals surface area contributed by atoms with Gasteiger partial charge in [-0.1, -0.05) is 25.1 Å². The summed E-state index contributed by atoms with van der Waals surface area (Å²) >= 11 is 0. The van der Waals surface area contributed by atoms with Crippen LogP contribution in [-0.4, -0.2) is 90.3 Å². The van der Waals surface area contributed by atoms with Crippen molar-refractivity contribution in [1.82, 2.24) is 19.3 Å². The van der Waals surface area contributed by atoms with Crippen molar-refractivity contribution in [3.8, 4) is 5.75 Å². The number of aromatic nitrogens is 1. The van der Waals surface area contributed by atoms with E-state index in [4.69, 9.17) is 9.47 Å². The summed E-state index contributed by atoms with van der Waals surface area (Å²) in [5, 5.41) is 1.27. The molecular weight excluding hydrogens is 483 g/mol. The van der Waals surface area contributed by atoms with Crippen molar-refractivity contribution in [2.24, 2.45) is 0 Å². The molecule has 3 heterocycles. The van der Waals surface area contributed by atoms with Crippen molar-refractivity contribution < 1.29 is 18.7 Å². The lowest BCUT2D eigenvalue weighted by Gasteiger charge is -2.43. The van der Waals surface area contributed by atoms with Crippen LogP contribution in [0.3, 0.4) is 0 Å². The van der Waals surface area contributed by atoms with E-state index in [2.05, 4.69) is 58.8 Å². The number of rotatable bonds is 9. The number of hydrogen-bond donors (Lipinski definition) is 0. The molecule has 1 aromatic heterocycles. The number of morpholine rings is 1. The average molecular weight is 523 g/mol. The molecule has 2 aromatic carbocycles. The maximum atomic E-state index is 13.4. The van der Waals surface area contributed by atoms with Gasteiger partial charge in [0.2, 0.25) is 5.91 Å². The van der Waals surface area contributed by atoms with Crippen molar-refractivity contribution in [3.05, 3.63) is 66.1 Å². The fraction of sp³-hybridized carbons (Fsp3) is 0.500. The van der Waals surface area contributed by atoms with Crippen LogP contribution in [0.1, 0.15) is 25.3 Å². The molecule has 0 saturated carbocycles. The third-order valence-corrected chi connectivity index (χ3v) is 7.70. The summed E-state index contributed by atoms with van der Waals surface area (Å²) in [7, 11) is 2.08. The minimum Gasteiger partial charge on any atom is -0.491 e. The summed E-state index contributed by atoms with van der Waals surface area (Å²) in [5.74, 6) is 0.364. The molecule has 1 atom stereocenters. The summed E-state index contributed by atoms with van der Waals surface area (Å²) in [5.41, 5.74) is 1.76. The molecule has 0 spiro atoms. The second-order valence-corrected chi connectivity index (χ2v) is 10.7. The molecule has 0 bridgehead atoms. The maximum Gasteiger partial charge on any atom is 0.225 e. The largest absolute Gasteiger partial charge is 0.491 e. The number of carbonyl (C=O) groups excluding carboxylic acids is 1. The Morgan fingerprint density at radius 3 is 2.58 bits per heavy atom. The van der Waals surface area contributed by atoms with E-state index in [0.717, 1.165) is 52.2 Å². The molecule has 8 heteroatoms. The zero-order valence-corrected chi connectivity index (χ0v) is 22.6. The molecule has 38 heavy (non-hydrogen) atoms. The van der Waals surface area contributed by atoms with Gasteiger partial charge in [-0.15, -0.1) is 0 Å². The zero-order valence-electron chi connectivity index (χ0n) is 22.6. The first-order valence-electron chi connectivity index (χ1n) is 13.7. The summed E-state index contributed by atoms with van der Waals surface area (Å²) in [6.45, 7) is 9.29.